The van der Waals surface area contributed by atoms with Gasteiger partial charge in [0.05, 0.1) is 6.04 Å². The van der Waals surface area contributed by atoms with Crippen molar-refractivity contribution in [2.75, 3.05) is 33.8 Å². The number of nitrogens with zero attached hydrogens (tertiary/aromatic N) is 2. The van der Waals surface area contributed by atoms with Crippen LogP contribution in [0.4, 0.5) is 13.6 Å². The van der Waals surface area contributed by atoms with Crippen LogP contribution in [0.3, 0.4) is 0 Å². The molecule has 0 aromatic heterocycles. The minimum Gasteiger partial charge on any atom is -0.445 e. The molecule has 1 atom stereocenters. The first-order valence-corrected chi connectivity index (χ1v) is 11.7. The quantitative estimate of drug-likeness (QED) is 0.391. The van der Waals surface area contributed by atoms with Crippen LogP contribution in [0.5, 0.6) is 0 Å². The number of hydrogen-bond donors (Lipinski definition) is 0. The van der Waals surface area contributed by atoms with Crippen molar-refractivity contribution in [2.45, 2.75) is 13.0 Å². The lowest BCUT2D eigenvalue weighted by molar-refractivity contribution is 0.130. The molecule has 3 aromatic carbocycles. The Morgan fingerprint density at radius 3 is 2.06 bits per heavy atom. The highest BCUT2D eigenvalue weighted by molar-refractivity contribution is 6.30. The second kappa shape index (κ2) is 10.6. The van der Waals surface area contributed by atoms with Gasteiger partial charge in [0, 0.05) is 38.3 Å². The molecule has 1 unspecified atom stereocenters. The van der Waals surface area contributed by atoms with E-state index >= 15 is 0 Å². The number of carbonyl (C=O) groups is 1. The van der Waals surface area contributed by atoms with Gasteiger partial charge in [-0.3, -0.25) is 4.90 Å². The van der Waals surface area contributed by atoms with E-state index in [0.29, 0.717) is 29.2 Å². The van der Waals surface area contributed by atoms with Gasteiger partial charge in [0.2, 0.25) is 0 Å². The Hall–Kier alpha value is -3.22. The third kappa shape index (κ3) is 5.89. The number of ether oxygens (including phenoxy) is 1. The van der Waals surface area contributed by atoms with Crippen molar-refractivity contribution in [3.8, 4) is 0 Å². The molecule has 0 radical (unpaired) electrons. The molecule has 1 heterocycles. The van der Waals surface area contributed by atoms with E-state index in [-0.39, 0.29) is 12.6 Å². The van der Waals surface area contributed by atoms with Gasteiger partial charge in [-0.05, 0) is 59.0 Å². The Morgan fingerprint density at radius 2 is 1.51 bits per heavy atom. The molecule has 1 saturated heterocycles. The van der Waals surface area contributed by atoms with E-state index in [1.807, 2.05) is 31.2 Å². The fourth-order valence-corrected chi connectivity index (χ4v) is 4.33. The minimum atomic E-state index is -0.674. The van der Waals surface area contributed by atoms with Gasteiger partial charge < -0.3 is 9.64 Å². The molecule has 1 amide bonds. The number of carbonyl (C=O) groups excluding carboxylic acids is 1. The summed E-state index contributed by atoms with van der Waals surface area (Å²) in [6.07, 6.45) is -0.519. The summed E-state index contributed by atoms with van der Waals surface area (Å²) in [7, 11) is 3.17. The third-order valence-electron chi connectivity index (χ3n) is 6.07. The number of aryl methyl sites for hydroxylation is 1. The summed E-state index contributed by atoms with van der Waals surface area (Å²) in [5, 5.41) is 0.665. The summed E-state index contributed by atoms with van der Waals surface area (Å²) in [6, 6.07) is 19.5. The number of likely N-dealkylation sites (tertiary alicyclic amines) is 1. The second-order valence-corrected chi connectivity index (χ2v) is 9.40. The van der Waals surface area contributed by atoms with Gasteiger partial charge in [-0.25, -0.2) is 13.6 Å². The molecule has 1 aliphatic heterocycles. The molecule has 1 aliphatic rings. The molecule has 7 heteroatoms. The third-order valence-corrected chi connectivity index (χ3v) is 6.33. The molecule has 4 rings (SSSR count). The first-order valence-electron chi connectivity index (χ1n) is 11.3. The van der Waals surface area contributed by atoms with Crippen LogP contribution in [0.15, 0.2) is 72.3 Å². The average molecular weight is 497 g/mol. The number of rotatable bonds is 6. The van der Waals surface area contributed by atoms with Crippen molar-refractivity contribution >= 4 is 23.3 Å². The summed E-state index contributed by atoms with van der Waals surface area (Å²) < 4.78 is 33.4. The molecular weight excluding hydrogens is 470 g/mol. The molecular formula is C28H27ClF2N2O2. The lowest BCUT2D eigenvalue weighted by atomic mass is 9.89. The largest absolute Gasteiger partial charge is 0.445 e. The van der Waals surface area contributed by atoms with Crippen molar-refractivity contribution < 1.29 is 18.3 Å². The van der Waals surface area contributed by atoms with Crippen LogP contribution in [0.2, 0.25) is 5.02 Å². The van der Waals surface area contributed by atoms with Crippen LogP contribution in [-0.2, 0) is 4.74 Å². The number of halogens is 3. The summed E-state index contributed by atoms with van der Waals surface area (Å²) in [4.78, 5) is 15.6. The topological polar surface area (TPSA) is 32.8 Å². The zero-order valence-electron chi connectivity index (χ0n) is 19.9. The van der Waals surface area contributed by atoms with Crippen LogP contribution in [0.1, 0.15) is 28.3 Å². The molecule has 3 aromatic rings. The molecule has 35 heavy (non-hydrogen) atoms. The lowest BCUT2D eigenvalue weighted by Gasteiger charge is -2.42. The minimum absolute atomic E-state index is 0.0218. The monoisotopic (exact) mass is 496 g/mol. The van der Waals surface area contributed by atoms with Crippen LogP contribution in [0, 0.1) is 18.6 Å². The molecule has 0 bridgehead atoms. The van der Waals surface area contributed by atoms with Crippen molar-refractivity contribution in [1.82, 2.24) is 9.80 Å². The molecule has 0 spiro atoms. The summed E-state index contributed by atoms with van der Waals surface area (Å²) >= 11 is 6.12. The molecule has 0 saturated carbocycles. The summed E-state index contributed by atoms with van der Waals surface area (Å²) in [6.45, 7) is 3.10. The van der Waals surface area contributed by atoms with E-state index in [2.05, 4.69) is 29.2 Å². The van der Waals surface area contributed by atoms with Crippen molar-refractivity contribution in [3.05, 3.63) is 111 Å². The zero-order chi connectivity index (χ0) is 25.1. The maximum Gasteiger partial charge on any atom is 0.409 e. The first kappa shape index (κ1) is 24.9. The number of amides is 1. The standard InChI is InChI=1S/C28H27ClF2N2O2/c1-18-4-6-19(7-5-18)27(20-8-10-23(29)11-9-20)33-15-22(16-33)26(17-35-28(34)32(2)3)21-12-24(30)14-25(31)13-21/h4-14,27H,15-17H2,1-3H3. The fraction of sp³-hybridized carbons (Fsp3) is 0.250. The SMILES string of the molecule is Cc1ccc(C(c2ccc(Cl)cc2)N2CC(=C(COC(=O)N(C)C)c3cc(F)cc(F)c3)C2)cc1. The maximum atomic E-state index is 14.0. The lowest BCUT2D eigenvalue weighted by Crippen LogP contribution is -2.44. The predicted molar refractivity (Wildman–Crippen MR) is 134 cm³/mol. The highest BCUT2D eigenvalue weighted by atomic mass is 35.5. The number of hydrogen-bond acceptors (Lipinski definition) is 3. The average Bonchev–Trinajstić information content (AvgIpc) is 2.78. The van der Waals surface area contributed by atoms with Gasteiger partial charge in [0.1, 0.15) is 18.2 Å². The van der Waals surface area contributed by atoms with E-state index in [1.165, 1.54) is 22.6 Å². The van der Waals surface area contributed by atoms with Gasteiger partial charge >= 0.3 is 6.09 Å². The highest BCUT2D eigenvalue weighted by Crippen LogP contribution is 2.37. The van der Waals surface area contributed by atoms with E-state index in [4.69, 9.17) is 16.3 Å². The molecule has 0 aliphatic carbocycles. The number of benzene rings is 3. The van der Waals surface area contributed by atoms with Gasteiger partial charge in [-0.1, -0.05) is 53.6 Å². The zero-order valence-corrected chi connectivity index (χ0v) is 20.7. The Kier molecular flexibility index (Phi) is 7.53. The fourth-order valence-electron chi connectivity index (χ4n) is 4.21. The Morgan fingerprint density at radius 1 is 0.971 bits per heavy atom. The van der Waals surface area contributed by atoms with E-state index in [1.54, 1.807) is 14.1 Å². The van der Waals surface area contributed by atoms with E-state index in [9.17, 15) is 13.6 Å². The van der Waals surface area contributed by atoms with Gasteiger partial charge in [-0.15, -0.1) is 0 Å². The Balaban J connectivity index is 1.67. The maximum absolute atomic E-state index is 14.0. The Labute approximate surface area is 209 Å². The highest BCUT2D eigenvalue weighted by Gasteiger charge is 2.32. The first-order chi connectivity index (χ1) is 16.7. The van der Waals surface area contributed by atoms with E-state index < -0.39 is 17.7 Å². The predicted octanol–water partition coefficient (Wildman–Crippen LogP) is 6.48. The molecule has 4 nitrogen and oxygen atoms in total. The van der Waals surface area contributed by atoms with Gasteiger partial charge in [-0.2, -0.15) is 0 Å². The van der Waals surface area contributed by atoms with Crippen LogP contribution < -0.4 is 0 Å². The van der Waals surface area contributed by atoms with E-state index in [0.717, 1.165) is 22.8 Å². The summed E-state index contributed by atoms with van der Waals surface area (Å²) in [5.74, 6) is -1.35. The van der Waals surface area contributed by atoms with Crippen LogP contribution in [-0.4, -0.2) is 49.7 Å². The van der Waals surface area contributed by atoms with Gasteiger partial charge in [0.25, 0.3) is 0 Å². The molecule has 182 valence electrons. The van der Waals surface area contributed by atoms with Crippen LogP contribution in [0.25, 0.3) is 5.57 Å². The van der Waals surface area contributed by atoms with Crippen molar-refractivity contribution in [3.63, 3.8) is 0 Å². The molecule has 1 fully saturated rings. The van der Waals surface area contributed by atoms with Crippen molar-refractivity contribution in [2.24, 2.45) is 0 Å². The Bertz CT molecular complexity index is 1170. The van der Waals surface area contributed by atoms with Gasteiger partial charge in [0.15, 0.2) is 0 Å². The smallest absolute Gasteiger partial charge is 0.409 e. The second-order valence-electron chi connectivity index (χ2n) is 8.96. The normalized spacial score (nSPS) is 14.3. The molecule has 0 N–H and O–H groups in total. The van der Waals surface area contributed by atoms with Crippen LogP contribution >= 0.6 is 11.6 Å². The summed E-state index contributed by atoms with van der Waals surface area (Å²) in [5.41, 5.74) is 5.36. The van der Waals surface area contributed by atoms with Crippen molar-refractivity contribution in [1.29, 1.82) is 0 Å².